The molecule has 0 spiro atoms. The SMILES string of the molecule is C=C1C2(CC)c3ccccc3N3c4ncc(C(C)(C)C)nc4N(c4ccccc4)C3C12CC. The van der Waals surface area contributed by atoms with Crippen molar-refractivity contribution in [3.8, 4) is 0 Å². The van der Waals surface area contributed by atoms with E-state index in [1.807, 2.05) is 6.20 Å². The van der Waals surface area contributed by atoms with Gasteiger partial charge in [-0.3, -0.25) is 0 Å². The predicted molar refractivity (Wildman–Crippen MR) is 136 cm³/mol. The summed E-state index contributed by atoms with van der Waals surface area (Å²) < 4.78 is 0. The number of nitrogens with zero attached hydrogens (tertiary/aromatic N) is 4. The Morgan fingerprint density at radius 2 is 1.61 bits per heavy atom. The fraction of sp³-hybridized carbons (Fsp3) is 0.379. The Morgan fingerprint density at radius 3 is 2.27 bits per heavy atom. The van der Waals surface area contributed by atoms with E-state index in [1.54, 1.807) is 0 Å². The minimum atomic E-state index is -0.0792. The average Bonchev–Trinajstić information content (AvgIpc) is 3.20. The summed E-state index contributed by atoms with van der Waals surface area (Å²) in [5.74, 6) is 1.90. The lowest BCUT2D eigenvalue weighted by Gasteiger charge is -2.45. The van der Waals surface area contributed by atoms with Gasteiger partial charge in [0.15, 0.2) is 11.6 Å². The zero-order valence-electron chi connectivity index (χ0n) is 20.3. The average molecular weight is 437 g/mol. The van der Waals surface area contributed by atoms with E-state index in [0.29, 0.717) is 0 Å². The third kappa shape index (κ3) is 2.27. The van der Waals surface area contributed by atoms with E-state index in [4.69, 9.17) is 16.5 Å². The van der Waals surface area contributed by atoms with Crippen LogP contribution in [-0.4, -0.2) is 16.1 Å². The maximum atomic E-state index is 5.26. The van der Waals surface area contributed by atoms with Gasteiger partial charge in [-0.2, -0.15) is 0 Å². The number of fused-ring (bicyclic) bond motifs is 8. The van der Waals surface area contributed by atoms with Crippen LogP contribution in [0, 0.1) is 5.41 Å². The minimum Gasteiger partial charge on any atom is -0.301 e. The van der Waals surface area contributed by atoms with Crippen molar-refractivity contribution in [3.63, 3.8) is 0 Å². The molecule has 3 heterocycles. The van der Waals surface area contributed by atoms with Crippen LogP contribution >= 0.6 is 0 Å². The highest BCUT2D eigenvalue weighted by atomic mass is 15.5. The summed E-state index contributed by atoms with van der Waals surface area (Å²) in [6.45, 7) is 16.0. The number of aromatic nitrogens is 2. The quantitative estimate of drug-likeness (QED) is 0.413. The van der Waals surface area contributed by atoms with Crippen LogP contribution in [0.2, 0.25) is 0 Å². The fourth-order valence-electron chi connectivity index (χ4n) is 6.81. The smallest absolute Gasteiger partial charge is 0.178 e. The van der Waals surface area contributed by atoms with Crippen molar-refractivity contribution in [1.82, 2.24) is 9.97 Å². The molecule has 0 radical (unpaired) electrons. The van der Waals surface area contributed by atoms with Crippen LogP contribution in [0.4, 0.5) is 23.0 Å². The van der Waals surface area contributed by atoms with E-state index in [2.05, 4.69) is 99.0 Å². The highest BCUT2D eigenvalue weighted by Crippen LogP contribution is 2.80. The molecule has 2 aromatic carbocycles. The molecule has 1 saturated carbocycles. The summed E-state index contributed by atoms with van der Waals surface area (Å²) in [6, 6.07) is 19.6. The molecule has 6 rings (SSSR count). The summed E-state index contributed by atoms with van der Waals surface area (Å²) in [7, 11) is 0. The number of anilines is 4. The van der Waals surface area contributed by atoms with Gasteiger partial charge in [0.25, 0.3) is 0 Å². The molecular weight excluding hydrogens is 404 g/mol. The first-order valence-electron chi connectivity index (χ1n) is 12.1. The van der Waals surface area contributed by atoms with Crippen LogP contribution in [0.3, 0.4) is 0 Å². The molecule has 2 aliphatic heterocycles. The molecule has 3 aromatic rings. The lowest BCUT2D eigenvalue weighted by atomic mass is 9.76. The van der Waals surface area contributed by atoms with Crippen LogP contribution in [-0.2, 0) is 10.8 Å². The summed E-state index contributed by atoms with van der Waals surface area (Å²) in [4.78, 5) is 15.2. The van der Waals surface area contributed by atoms with Crippen molar-refractivity contribution in [1.29, 1.82) is 0 Å². The number of para-hydroxylation sites is 2. The lowest BCUT2D eigenvalue weighted by Crippen LogP contribution is -2.51. The number of benzene rings is 2. The molecule has 3 unspecified atom stereocenters. The first kappa shape index (κ1) is 20.5. The van der Waals surface area contributed by atoms with Gasteiger partial charge in [-0.25, -0.2) is 9.97 Å². The molecule has 1 fully saturated rings. The lowest BCUT2D eigenvalue weighted by molar-refractivity contribution is 0.315. The minimum absolute atomic E-state index is 0.0125. The molecule has 168 valence electrons. The molecule has 4 nitrogen and oxygen atoms in total. The Kier molecular flexibility index (Phi) is 4.01. The Labute approximate surface area is 197 Å². The van der Waals surface area contributed by atoms with E-state index in [-0.39, 0.29) is 22.4 Å². The number of rotatable bonds is 3. The van der Waals surface area contributed by atoms with Gasteiger partial charge < -0.3 is 9.80 Å². The molecule has 4 heteroatoms. The summed E-state index contributed by atoms with van der Waals surface area (Å²) in [5, 5.41) is 0. The van der Waals surface area contributed by atoms with Gasteiger partial charge in [0.05, 0.1) is 11.9 Å². The summed E-state index contributed by atoms with van der Waals surface area (Å²) in [5.41, 5.74) is 6.00. The van der Waals surface area contributed by atoms with Gasteiger partial charge in [-0.15, -0.1) is 0 Å². The first-order valence-corrected chi connectivity index (χ1v) is 12.1. The second kappa shape index (κ2) is 6.47. The van der Waals surface area contributed by atoms with E-state index in [0.717, 1.165) is 35.9 Å². The third-order valence-electron chi connectivity index (χ3n) is 8.39. The normalized spacial score (nSPS) is 27.1. The second-order valence-electron chi connectivity index (χ2n) is 10.7. The van der Waals surface area contributed by atoms with Gasteiger partial charge in [0, 0.05) is 27.6 Å². The van der Waals surface area contributed by atoms with Gasteiger partial charge >= 0.3 is 0 Å². The summed E-state index contributed by atoms with van der Waals surface area (Å²) >= 11 is 0. The van der Waals surface area contributed by atoms with E-state index in [9.17, 15) is 0 Å². The van der Waals surface area contributed by atoms with Crippen LogP contribution in [0.5, 0.6) is 0 Å². The maximum Gasteiger partial charge on any atom is 0.178 e. The van der Waals surface area contributed by atoms with Crippen molar-refractivity contribution >= 4 is 23.0 Å². The van der Waals surface area contributed by atoms with Crippen molar-refractivity contribution in [2.24, 2.45) is 5.41 Å². The van der Waals surface area contributed by atoms with E-state index < -0.39 is 0 Å². The molecular formula is C29H32N4. The van der Waals surface area contributed by atoms with Crippen LogP contribution in [0.1, 0.15) is 58.7 Å². The Balaban J connectivity index is 1.69. The van der Waals surface area contributed by atoms with Crippen molar-refractivity contribution in [2.45, 2.75) is 64.5 Å². The molecule has 0 N–H and O–H groups in total. The highest BCUT2D eigenvalue weighted by Gasteiger charge is 2.79. The molecule has 0 bridgehead atoms. The third-order valence-corrected chi connectivity index (χ3v) is 8.39. The zero-order valence-corrected chi connectivity index (χ0v) is 20.3. The molecule has 1 aromatic heterocycles. The maximum absolute atomic E-state index is 5.26. The van der Waals surface area contributed by atoms with Gasteiger partial charge in [0.2, 0.25) is 0 Å². The van der Waals surface area contributed by atoms with Crippen LogP contribution in [0.15, 0.2) is 72.9 Å². The molecule has 1 aliphatic carbocycles. The Morgan fingerprint density at radius 1 is 0.909 bits per heavy atom. The molecule has 0 saturated heterocycles. The van der Waals surface area contributed by atoms with E-state index >= 15 is 0 Å². The second-order valence-corrected chi connectivity index (χ2v) is 10.7. The predicted octanol–water partition coefficient (Wildman–Crippen LogP) is 7.02. The monoisotopic (exact) mass is 436 g/mol. The van der Waals surface area contributed by atoms with Crippen molar-refractivity contribution < 1.29 is 0 Å². The molecule has 0 amide bonds. The van der Waals surface area contributed by atoms with Crippen molar-refractivity contribution in [2.75, 3.05) is 9.80 Å². The first-order chi connectivity index (χ1) is 15.8. The zero-order chi connectivity index (χ0) is 23.2. The Hall–Kier alpha value is -3.14. The van der Waals surface area contributed by atoms with Gasteiger partial charge in [-0.05, 0) is 36.6 Å². The Bertz CT molecular complexity index is 1270. The molecule has 3 atom stereocenters. The van der Waals surface area contributed by atoms with Crippen LogP contribution in [0.25, 0.3) is 0 Å². The van der Waals surface area contributed by atoms with E-state index in [1.165, 1.54) is 16.8 Å². The van der Waals surface area contributed by atoms with Gasteiger partial charge in [-0.1, -0.05) is 83.2 Å². The highest BCUT2D eigenvalue weighted by molar-refractivity contribution is 5.90. The number of hydrogen-bond acceptors (Lipinski definition) is 4. The summed E-state index contributed by atoms with van der Waals surface area (Å²) in [6.07, 6.45) is 4.11. The fourth-order valence-corrected chi connectivity index (χ4v) is 6.81. The molecule has 33 heavy (non-hydrogen) atoms. The van der Waals surface area contributed by atoms with Crippen molar-refractivity contribution in [3.05, 3.63) is 84.2 Å². The van der Waals surface area contributed by atoms with Gasteiger partial charge in [0.1, 0.15) is 6.17 Å². The topological polar surface area (TPSA) is 32.3 Å². The standard InChI is InChI=1S/C29H32N4/c1-7-28-19(3)29(28,8-2)26-32(20-14-10-9-11-15-20)25-24(30-18-23(31-25)27(4,5)6)33(26)22-17-13-12-16-21(22)28/h9-18,26H,3,7-8H2,1-2,4-6H3. The number of hydrogen-bond donors (Lipinski definition) is 0. The largest absolute Gasteiger partial charge is 0.301 e. The molecule has 3 aliphatic rings. The van der Waals surface area contributed by atoms with Crippen LogP contribution < -0.4 is 9.80 Å².